The summed E-state index contributed by atoms with van der Waals surface area (Å²) >= 11 is 0. The third kappa shape index (κ3) is 4.34. The number of hydrogen-bond donors (Lipinski definition) is 3. The second kappa shape index (κ2) is 8.85. The van der Waals surface area contributed by atoms with E-state index in [1.807, 2.05) is 30.3 Å². The minimum atomic E-state index is -4.08. The van der Waals surface area contributed by atoms with Crippen LogP contribution in [0.4, 0.5) is 5.69 Å². The number of hydrogen-bond acceptors (Lipinski definition) is 6. The van der Waals surface area contributed by atoms with Crippen molar-refractivity contribution in [1.29, 1.82) is 0 Å². The van der Waals surface area contributed by atoms with Crippen LogP contribution in [-0.4, -0.2) is 42.2 Å². The lowest BCUT2D eigenvalue weighted by atomic mass is 10.0. The zero-order chi connectivity index (χ0) is 23.6. The van der Waals surface area contributed by atoms with Crippen molar-refractivity contribution in [2.75, 3.05) is 11.9 Å². The molecule has 33 heavy (non-hydrogen) atoms. The third-order valence-corrected chi connectivity index (χ3v) is 7.01. The molecule has 0 spiro atoms. The van der Waals surface area contributed by atoms with Crippen LogP contribution in [0.2, 0.25) is 0 Å². The molecular formula is C23H19N3O6S. The molecular weight excluding hydrogens is 446 g/mol. The van der Waals surface area contributed by atoms with Crippen LogP contribution in [-0.2, 0) is 14.8 Å². The summed E-state index contributed by atoms with van der Waals surface area (Å²) in [6, 6.07) is 19.6. The van der Waals surface area contributed by atoms with Crippen molar-refractivity contribution in [3.05, 3.63) is 83.9 Å². The summed E-state index contributed by atoms with van der Waals surface area (Å²) in [7, 11) is -4.08. The number of carbonyl (C=O) groups is 3. The summed E-state index contributed by atoms with van der Waals surface area (Å²) in [5.74, 6) is -1.87. The predicted octanol–water partition coefficient (Wildman–Crippen LogP) is 2.65. The van der Waals surface area contributed by atoms with Crippen LogP contribution in [0.15, 0.2) is 77.7 Å². The minimum Gasteiger partial charge on any atom is -0.326 e. The Balaban J connectivity index is 1.45. The summed E-state index contributed by atoms with van der Waals surface area (Å²) in [6.45, 7) is -0.312. The molecule has 1 aliphatic heterocycles. The van der Waals surface area contributed by atoms with Gasteiger partial charge in [-0.15, -0.1) is 0 Å². The Morgan fingerprint density at radius 1 is 0.909 bits per heavy atom. The van der Waals surface area contributed by atoms with Crippen LogP contribution in [0.5, 0.6) is 0 Å². The number of amides is 3. The lowest BCUT2D eigenvalue weighted by Crippen LogP contribution is -2.33. The number of hydroxylamine groups is 1. The van der Waals surface area contributed by atoms with Gasteiger partial charge in [-0.25, -0.2) is 18.2 Å². The summed E-state index contributed by atoms with van der Waals surface area (Å²) in [5, 5.41) is 11.2. The van der Waals surface area contributed by atoms with Crippen molar-refractivity contribution in [3.8, 4) is 11.1 Å². The standard InChI is InChI=1S/C23H19N3O6S/c27-21(24-18-9-6-16(7-10-18)22(28)25-30)12-13-26-23(29)19-11-8-17(14-20(19)33(26,31)32)15-4-2-1-3-5-15/h1-11,14,30H,12-13H2,(H,24,27)(H,25,28). The molecule has 0 atom stereocenters. The minimum absolute atomic E-state index is 0.0767. The zero-order valence-electron chi connectivity index (χ0n) is 17.2. The SMILES string of the molecule is O=C(CCN1C(=O)c2ccc(-c3ccccc3)cc2S1(=O)=O)Nc1ccc(C(=O)NO)cc1. The Hall–Kier alpha value is -4.02. The maximum atomic E-state index is 13.0. The number of benzene rings is 3. The number of fused-ring (bicyclic) bond motifs is 1. The summed E-state index contributed by atoms with van der Waals surface area (Å²) in [5.41, 5.74) is 3.64. The van der Waals surface area contributed by atoms with Crippen LogP contribution < -0.4 is 10.8 Å². The van der Waals surface area contributed by atoms with E-state index in [1.165, 1.54) is 41.9 Å². The molecule has 3 aromatic rings. The highest BCUT2D eigenvalue weighted by atomic mass is 32.2. The van der Waals surface area contributed by atoms with Gasteiger partial charge in [-0.1, -0.05) is 36.4 Å². The van der Waals surface area contributed by atoms with Gasteiger partial charge in [0.05, 0.1) is 5.56 Å². The molecule has 0 radical (unpaired) electrons. The molecule has 3 amide bonds. The Kier molecular flexibility index (Phi) is 5.95. The largest absolute Gasteiger partial charge is 0.326 e. The van der Waals surface area contributed by atoms with E-state index in [-0.39, 0.29) is 29.0 Å². The van der Waals surface area contributed by atoms with E-state index in [2.05, 4.69) is 5.32 Å². The second-order valence-electron chi connectivity index (χ2n) is 7.28. The van der Waals surface area contributed by atoms with Gasteiger partial charge in [0, 0.05) is 24.2 Å². The monoisotopic (exact) mass is 465 g/mol. The van der Waals surface area contributed by atoms with Crippen molar-refractivity contribution in [3.63, 3.8) is 0 Å². The lowest BCUT2D eigenvalue weighted by molar-refractivity contribution is -0.116. The van der Waals surface area contributed by atoms with Gasteiger partial charge >= 0.3 is 0 Å². The van der Waals surface area contributed by atoms with Gasteiger partial charge in [-0.2, -0.15) is 0 Å². The summed E-state index contributed by atoms with van der Waals surface area (Å²) in [4.78, 5) is 36.3. The number of anilines is 1. The highest BCUT2D eigenvalue weighted by Gasteiger charge is 2.41. The first kappa shape index (κ1) is 22.2. The Morgan fingerprint density at radius 2 is 1.61 bits per heavy atom. The molecule has 0 saturated heterocycles. The molecule has 3 N–H and O–H groups in total. The molecule has 0 aromatic heterocycles. The van der Waals surface area contributed by atoms with Crippen molar-refractivity contribution < 1.29 is 28.0 Å². The number of carbonyl (C=O) groups excluding carboxylic acids is 3. The van der Waals surface area contributed by atoms with Gasteiger partial charge in [-0.3, -0.25) is 19.6 Å². The van der Waals surface area contributed by atoms with Crippen LogP contribution in [0.25, 0.3) is 11.1 Å². The fraction of sp³-hybridized carbons (Fsp3) is 0.0870. The molecule has 0 aliphatic carbocycles. The molecule has 1 heterocycles. The van der Waals surface area contributed by atoms with Crippen LogP contribution in [0.3, 0.4) is 0 Å². The molecule has 4 rings (SSSR count). The van der Waals surface area contributed by atoms with E-state index >= 15 is 0 Å². The fourth-order valence-electron chi connectivity index (χ4n) is 3.50. The average molecular weight is 465 g/mol. The Labute approximate surface area is 189 Å². The number of nitrogens with one attached hydrogen (secondary N) is 2. The van der Waals surface area contributed by atoms with Crippen LogP contribution in [0, 0.1) is 0 Å². The van der Waals surface area contributed by atoms with E-state index in [9.17, 15) is 22.8 Å². The maximum absolute atomic E-state index is 13.0. The van der Waals surface area contributed by atoms with Crippen LogP contribution >= 0.6 is 0 Å². The topological polar surface area (TPSA) is 133 Å². The number of nitrogens with zero attached hydrogens (tertiary/aromatic N) is 1. The number of rotatable bonds is 6. The van der Waals surface area contributed by atoms with Crippen molar-refractivity contribution in [2.24, 2.45) is 0 Å². The molecule has 0 fully saturated rings. The zero-order valence-corrected chi connectivity index (χ0v) is 18.0. The molecule has 0 saturated carbocycles. The van der Waals surface area contributed by atoms with E-state index in [0.717, 1.165) is 5.56 Å². The smallest absolute Gasteiger partial charge is 0.274 e. The highest BCUT2D eigenvalue weighted by Crippen LogP contribution is 2.34. The van der Waals surface area contributed by atoms with Gasteiger partial charge in [0.2, 0.25) is 5.91 Å². The normalized spacial score (nSPS) is 14.0. The van der Waals surface area contributed by atoms with Gasteiger partial charge < -0.3 is 5.32 Å². The Morgan fingerprint density at radius 3 is 2.27 bits per heavy atom. The molecule has 10 heteroatoms. The lowest BCUT2D eigenvalue weighted by Gasteiger charge is -2.15. The molecule has 3 aromatic carbocycles. The van der Waals surface area contributed by atoms with Gasteiger partial charge in [0.1, 0.15) is 4.90 Å². The average Bonchev–Trinajstić information content (AvgIpc) is 3.02. The van der Waals surface area contributed by atoms with Crippen molar-refractivity contribution >= 4 is 33.4 Å². The van der Waals surface area contributed by atoms with E-state index in [0.29, 0.717) is 15.6 Å². The van der Waals surface area contributed by atoms with Crippen LogP contribution in [0.1, 0.15) is 27.1 Å². The predicted molar refractivity (Wildman–Crippen MR) is 119 cm³/mol. The maximum Gasteiger partial charge on any atom is 0.274 e. The molecule has 0 bridgehead atoms. The first-order valence-electron chi connectivity index (χ1n) is 9.92. The molecule has 168 valence electrons. The first-order valence-corrected chi connectivity index (χ1v) is 11.4. The quantitative estimate of drug-likeness (QED) is 0.379. The van der Waals surface area contributed by atoms with Crippen molar-refractivity contribution in [2.45, 2.75) is 11.3 Å². The van der Waals surface area contributed by atoms with E-state index in [1.54, 1.807) is 6.07 Å². The molecule has 9 nitrogen and oxygen atoms in total. The second-order valence-corrected chi connectivity index (χ2v) is 9.11. The molecule has 0 unspecified atom stereocenters. The third-order valence-electron chi connectivity index (χ3n) is 5.19. The highest BCUT2D eigenvalue weighted by molar-refractivity contribution is 7.90. The van der Waals surface area contributed by atoms with Gasteiger partial charge in [0.15, 0.2) is 0 Å². The van der Waals surface area contributed by atoms with Gasteiger partial charge in [-0.05, 0) is 47.5 Å². The fourth-order valence-corrected chi connectivity index (χ4v) is 5.10. The Bertz CT molecular complexity index is 1340. The number of sulfonamides is 1. The summed E-state index contributed by atoms with van der Waals surface area (Å²) in [6.07, 6.45) is -0.247. The molecule has 1 aliphatic rings. The first-order chi connectivity index (χ1) is 15.8. The summed E-state index contributed by atoms with van der Waals surface area (Å²) < 4.78 is 26.7. The van der Waals surface area contributed by atoms with E-state index in [4.69, 9.17) is 5.21 Å². The van der Waals surface area contributed by atoms with E-state index < -0.39 is 27.7 Å². The van der Waals surface area contributed by atoms with Crippen molar-refractivity contribution in [1.82, 2.24) is 9.79 Å². The van der Waals surface area contributed by atoms with Gasteiger partial charge in [0.25, 0.3) is 21.8 Å².